The number of urea groups is 1. The van der Waals surface area contributed by atoms with Crippen molar-refractivity contribution in [2.45, 2.75) is 24.7 Å². The van der Waals surface area contributed by atoms with Crippen LogP contribution in [-0.4, -0.2) is 14.4 Å². The first-order valence-corrected chi connectivity index (χ1v) is 8.55. The number of carbonyl (C=O) groups excluding carboxylic acids is 1. The van der Waals surface area contributed by atoms with E-state index in [0.29, 0.717) is 17.3 Å². The molecule has 0 aliphatic heterocycles. The van der Waals surface area contributed by atoms with Gasteiger partial charge in [0.2, 0.25) is 0 Å². The number of benzene rings is 2. The second-order valence-corrected chi connectivity index (χ2v) is 7.08. The highest BCUT2D eigenvalue weighted by Crippen LogP contribution is 2.21. The minimum absolute atomic E-state index is 0.176. The highest BCUT2D eigenvalue weighted by molar-refractivity contribution is 7.92. The number of nitrogens with two attached hydrogens (primary N) is 1. The first kappa shape index (κ1) is 16.8. The quantitative estimate of drug-likeness (QED) is 0.783. The normalized spacial score (nSPS) is 11.3. The van der Waals surface area contributed by atoms with Crippen LogP contribution in [0.2, 0.25) is 0 Å². The van der Waals surface area contributed by atoms with Gasteiger partial charge in [-0.25, -0.2) is 13.2 Å². The number of hydrogen-bond acceptors (Lipinski definition) is 3. The van der Waals surface area contributed by atoms with Crippen molar-refractivity contribution in [2.75, 3.05) is 10.0 Å². The van der Waals surface area contributed by atoms with Crippen molar-refractivity contribution in [3.63, 3.8) is 0 Å². The number of primary amides is 1. The highest BCUT2D eigenvalue weighted by Gasteiger charge is 2.14. The van der Waals surface area contributed by atoms with Gasteiger partial charge in [0.05, 0.1) is 10.6 Å². The molecule has 4 N–H and O–H groups in total. The van der Waals surface area contributed by atoms with Gasteiger partial charge in [-0.05, 0) is 41.8 Å². The molecule has 0 aliphatic rings. The fraction of sp³-hybridized carbons (Fsp3) is 0.188. The Bertz CT molecular complexity index is 800. The van der Waals surface area contributed by atoms with Crippen LogP contribution in [0.15, 0.2) is 53.4 Å². The molecule has 0 radical (unpaired) electrons. The van der Waals surface area contributed by atoms with Crippen LogP contribution in [0, 0.1) is 0 Å². The van der Waals surface area contributed by atoms with Crippen LogP contribution < -0.4 is 15.8 Å². The van der Waals surface area contributed by atoms with E-state index < -0.39 is 16.1 Å². The predicted molar refractivity (Wildman–Crippen MR) is 91.0 cm³/mol. The molecular weight excluding hydrogens is 314 g/mol. The number of anilines is 2. The first-order valence-electron chi connectivity index (χ1n) is 7.07. The summed E-state index contributed by atoms with van der Waals surface area (Å²) in [6, 6.07) is 12.3. The molecule has 0 unspecified atom stereocenters. The molecule has 0 heterocycles. The van der Waals surface area contributed by atoms with E-state index in [1.165, 1.54) is 6.07 Å². The molecule has 2 rings (SSSR count). The number of carbonyl (C=O) groups is 1. The van der Waals surface area contributed by atoms with Crippen molar-refractivity contribution in [1.82, 2.24) is 0 Å². The van der Waals surface area contributed by atoms with E-state index >= 15 is 0 Å². The van der Waals surface area contributed by atoms with Gasteiger partial charge in [0.1, 0.15) is 0 Å². The maximum absolute atomic E-state index is 12.4. The van der Waals surface area contributed by atoms with Crippen LogP contribution in [-0.2, 0) is 10.0 Å². The van der Waals surface area contributed by atoms with Gasteiger partial charge in [-0.3, -0.25) is 4.72 Å². The van der Waals surface area contributed by atoms with Crippen molar-refractivity contribution < 1.29 is 13.2 Å². The molecule has 122 valence electrons. The maximum atomic E-state index is 12.4. The highest BCUT2D eigenvalue weighted by atomic mass is 32.2. The average Bonchev–Trinajstić information content (AvgIpc) is 2.46. The monoisotopic (exact) mass is 333 g/mol. The molecule has 2 aromatic carbocycles. The Hall–Kier alpha value is -2.54. The van der Waals surface area contributed by atoms with Gasteiger partial charge >= 0.3 is 6.03 Å². The van der Waals surface area contributed by atoms with Crippen LogP contribution in [0.5, 0.6) is 0 Å². The van der Waals surface area contributed by atoms with Crippen LogP contribution >= 0.6 is 0 Å². The van der Waals surface area contributed by atoms with E-state index in [1.54, 1.807) is 42.5 Å². The Kier molecular flexibility index (Phi) is 4.90. The number of rotatable bonds is 5. The van der Waals surface area contributed by atoms with Crippen molar-refractivity contribution >= 4 is 27.4 Å². The predicted octanol–water partition coefficient (Wildman–Crippen LogP) is 3.10. The zero-order valence-corrected chi connectivity index (χ0v) is 13.7. The summed E-state index contributed by atoms with van der Waals surface area (Å²) in [5, 5.41) is 2.39. The summed E-state index contributed by atoms with van der Waals surface area (Å²) in [4.78, 5) is 11.0. The van der Waals surface area contributed by atoms with Crippen molar-refractivity contribution in [2.24, 2.45) is 5.73 Å². The zero-order valence-electron chi connectivity index (χ0n) is 12.9. The molecule has 2 aromatic rings. The Labute approximate surface area is 135 Å². The number of sulfonamides is 1. The molecule has 2 amide bonds. The van der Waals surface area contributed by atoms with Gasteiger partial charge in [0.25, 0.3) is 10.0 Å². The number of nitrogens with one attached hydrogen (secondary N) is 2. The van der Waals surface area contributed by atoms with Gasteiger partial charge < -0.3 is 11.1 Å². The molecule has 0 spiro atoms. The second-order valence-electron chi connectivity index (χ2n) is 5.40. The van der Waals surface area contributed by atoms with Gasteiger partial charge in [0, 0.05) is 5.69 Å². The molecule has 0 saturated heterocycles. The molecule has 0 bridgehead atoms. The molecule has 0 saturated carbocycles. The number of hydrogen-bond donors (Lipinski definition) is 3. The Morgan fingerprint density at radius 1 is 1.04 bits per heavy atom. The van der Waals surface area contributed by atoms with Gasteiger partial charge in [-0.2, -0.15) is 0 Å². The Balaban J connectivity index is 2.22. The fourth-order valence-electron chi connectivity index (χ4n) is 2.05. The van der Waals surface area contributed by atoms with Crippen LogP contribution in [0.4, 0.5) is 16.2 Å². The van der Waals surface area contributed by atoms with Crippen molar-refractivity contribution in [3.05, 3.63) is 54.1 Å². The summed E-state index contributed by atoms with van der Waals surface area (Å²) >= 11 is 0. The Morgan fingerprint density at radius 3 is 2.22 bits per heavy atom. The van der Waals surface area contributed by atoms with Crippen LogP contribution in [0.25, 0.3) is 0 Å². The van der Waals surface area contributed by atoms with E-state index in [9.17, 15) is 13.2 Å². The van der Waals surface area contributed by atoms with Crippen molar-refractivity contribution in [3.8, 4) is 0 Å². The molecule has 0 atom stereocenters. The molecule has 23 heavy (non-hydrogen) atoms. The summed E-state index contributed by atoms with van der Waals surface area (Å²) in [5.74, 6) is 0.330. The molecule has 7 heteroatoms. The average molecular weight is 333 g/mol. The van der Waals surface area contributed by atoms with Gasteiger partial charge in [-0.1, -0.05) is 32.0 Å². The third-order valence-corrected chi connectivity index (χ3v) is 4.64. The van der Waals surface area contributed by atoms with Crippen LogP contribution in [0.1, 0.15) is 25.3 Å². The lowest BCUT2D eigenvalue weighted by Crippen LogP contribution is -2.19. The first-order chi connectivity index (χ1) is 10.8. The largest absolute Gasteiger partial charge is 0.351 e. The SMILES string of the molecule is CC(C)c1ccc(S(=O)(=O)Nc2cccc(NC(N)=O)c2)cc1. The Morgan fingerprint density at radius 2 is 1.65 bits per heavy atom. The zero-order chi connectivity index (χ0) is 17.0. The van der Waals surface area contributed by atoms with E-state index in [0.717, 1.165) is 5.56 Å². The topological polar surface area (TPSA) is 101 Å². The molecule has 0 aromatic heterocycles. The lowest BCUT2D eigenvalue weighted by Gasteiger charge is -2.11. The summed E-state index contributed by atoms with van der Waals surface area (Å²) in [7, 11) is -3.69. The van der Waals surface area contributed by atoms with Gasteiger partial charge in [0.15, 0.2) is 0 Å². The van der Waals surface area contributed by atoms with E-state index in [-0.39, 0.29) is 4.90 Å². The van der Waals surface area contributed by atoms with Gasteiger partial charge in [-0.15, -0.1) is 0 Å². The summed E-state index contributed by atoms with van der Waals surface area (Å²) in [6.07, 6.45) is 0. The standard InChI is InChI=1S/C16H19N3O3S/c1-11(2)12-6-8-15(9-7-12)23(21,22)19-14-5-3-4-13(10-14)18-16(17)20/h3-11,19H,1-2H3,(H3,17,18,20). The smallest absolute Gasteiger partial charge is 0.316 e. The molecular formula is C16H19N3O3S. The van der Waals surface area contributed by atoms with Crippen molar-refractivity contribution in [1.29, 1.82) is 0 Å². The summed E-state index contributed by atoms with van der Waals surface area (Å²) in [6.45, 7) is 4.08. The minimum Gasteiger partial charge on any atom is -0.351 e. The third kappa shape index (κ3) is 4.46. The lowest BCUT2D eigenvalue weighted by atomic mass is 10.0. The van der Waals surface area contributed by atoms with E-state index in [4.69, 9.17) is 5.73 Å². The molecule has 0 aliphatic carbocycles. The third-order valence-electron chi connectivity index (χ3n) is 3.24. The minimum atomic E-state index is -3.69. The van der Waals surface area contributed by atoms with Crippen LogP contribution in [0.3, 0.4) is 0 Å². The lowest BCUT2D eigenvalue weighted by molar-refractivity contribution is 0.259. The fourth-order valence-corrected chi connectivity index (χ4v) is 3.10. The van der Waals surface area contributed by atoms with E-state index in [1.807, 2.05) is 13.8 Å². The maximum Gasteiger partial charge on any atom is 0.316 e. The summed E-state index contributed by atoms with van der Waals surface area (Å²) in [5.41, 5.74) is 6.86. The number of amides is 2. The summed E-state index contributed by atoms with van der Waals surface area (Å²) < 4.78 is 27.3. The molecule has 0 fully saturated rings. The van der Waals surface area contributed by atoms with E-state index in [2.05, 4.69) is 10.0 Å². The molecule has 6 nitrogen and oxygen atoms in total. The second kappa shape index (κ2) is 6.70.